The van der Waals surface area contributed by atoms with Gasteiger partial charge in [0.2, 0.25) is 0 Å². The Balaban J connectivity index is 2.48. The second kappa shape index (κ2) is 8.51. The van der Waals surface area contributed by atoms with E-state index in [4.69, 9.17) is 4.74 Å². The average Bonchev–Trinajstić information content (AvgIpc) is 2.65. The number of rotatable bonds is 6. The molecule has 0 aliphatic heterocycles. The van der Waals surface area contributed by atoms with Gasteiger partial charge in [-0.1, -0.05) is 12.1 Å². The van der Waals surface area contributed by atoms with E-state index >= 15 is 0 Å². The van der Waals surface area contributed by atoms with E-state index < -0.39 is 35.1 Å². The topological polar surface area (TPSA) is 89.8 Å². The van der Waals surface area contributed by atoms with Gasteiger partial charge in [0.1, 0.15) is 6.54 Å². The van der Waals surface area contributed by atoms with Gasteiger partial charge in [-0.3, -0.25) is 24.6 Å². The number of amides is 1. The van der Waals surface area contributed by atoms with Crippen molar-refractivity contribution >= 4 is 23.3 Å². The normalized spacial score (nSPS) is 11.0. The van der Waals surface area contributed by atoms with E-state index in [0.717, 1.165) is 29.2 Å². The van der Waals surface area contributed by atoms with Crippen molar-refractivity contribution in [1.82, 2.24) is 0 Å². The van der Waals surface area contributed by atoms with Crippen LogP contribution in [0.4, 0.5) is 24.5 Å². The minimum atomic E-state index is -4.65. The van der Waals surface area contributed by atoms with Gasteiger partial charge in [-0.2, -0.15) is 13.2 Å². The Morgan fingerprint density at radius 1 is 1.14 bits per heavy atom. The van der Waals surface area contributed by atoms with Crippen molar-refractivity contribution in [2.75, 3.05) is 18.1 Å². The lowest BCUT2D eigenvalue weighted by Gasteiger charge is -2.23. The number of non-ortho nitro benzene ring substituents is 1. The molecule has 0 saturated carbocycles. The van der Waals surface area contributed by atoms with Gasteiger partial charge in [0.05, 0.1) is 17.1 Å². The van der Waals surface area contributed by atoms with Gasteiger partial charge in [0.15, 0.2) is 0 Å². The summed E-state index contributed by atoms with van der Waals surface area (Å²) in [4.78, 5) is 35.7. The summed E-state index contributed by atoms with van der Waals surface area (Å²) in [5.41, 5.74) is -1.73. The predicted molar refractivity (Wildman–Crippen MR) is 92.8 cm³/mol. The molecule has 2 aromatic rings. The monoisotopic (exact) mass is 396 g/mol. The van der Waals surface area contributed by atoms with Crippen molar-refractivity contribution in [3.05, 3.63) is 69.8 Å². The third kappa shape index (κ3) is 5.06. The maximum absolute atomic E-state index is 13.0. The van der Waals surface area contributed by atoms with Crippen LogP contribution in [0, 0.1) is 10.1 Å². The predicted octanol–water partition coefficient (Wildman–Crippen LogP) is 3.82. The fourth-order valence-corrected chi connectivity index (χ4v) is 2.37. The molecule has 0 atom stereocenters. The van der Waals surface area contributed by atoms with E-state index in [1.807, 2.05) is 0 Å². The quantitative estimate of drug-likeness (QED) is 0.421. The third-order valence-corrected chi connectivity index (χ3v) is 3.63. The number of carbonyl (C=O) groups is 2. The van der Waals surface area contributed by atoms with E-state index in [9.17, 15) is 32.9 Å². The van der Waals surface area contributed by atoms with Crippen molar-refractivity contribution in [2.45, 2.75) is 13.1 Å². The maximum atomic E-state index is 13.0. The first-order valence-electron chi connectivity index (χ1n) is 8.02. The summed E-state index contributed by atoms with van der Waals surface area (Å²) in [6, 6.07) is 8.53. The van der Waals surface area contributed by atoms with E-state index in [1.54, 1.807) is 0 Å². The van der Waals surface area contributed by atoms with Crippen LogP contribution in [0.5, 0.6) is 0 Å². The van der Waals surface area contributed by atoms with Gasteiger partial charge < -0.3 is 4.74 Å². The first-order valence-corrected chi connectivity index (χ1v) is 8.02. The minimum absolute atomic E-state index is 0.0142. The number of alkyl halides is 3. The molecule has 10 heteroatoms. The van der Waals surface area contributed by atoms with Crippen LogP contribution in [-0.2, 0) is 15.7 Å². The van der Waals surface area contributed by atoms with Crippen LogP contribution in [0.15, 0.2) is 48.5 Å². The molecule has 2 rings (SSSR count). The summed E-state index contributed by atoms with van der Waals surface area (Å²) < 4.78 is 43.8. The molecule has 148 valence electrons. The Kier molecular flexibility index (Phi) is 6.34. The molecule has 0 saturated heterocycles. The SMILES string of the molecule is CCOC(=O)CN(C(=O)c1cccc([N+](=O)[O-])c1)c1cccc(C(F)(F)F)c1. The van der Waals surface area contributed by atoms with Crippen LogP contribution < -0.4 is 4.90 Å². The first-order chi connectivity index (χ1) is 13.1. The van der Waals surface area contributed by atoms with E-state index in [2.05, 4.69) is 0 Å². The number of ether oxygens (including phenoxy) is 1. The molecule has 2 aromatic carbocycles. The number of hydrogen-bond acceptors (Lipinski definition) is 5. The number of hydrogen-bond donors (Lipinski definition) is 0. The molecule has 28 heavy (non-hydrogen) atoms. The van der Waals surface area contributed by atoms with Gasteiger partial charge in [-0.05, 0) is 31.2 Å². The van der Waals surface area contributed by atoms with Crippen molar-refractivity contribution in [3.8, 4) is 0 Å². The van der Waals surface area contributed by atoms with Gasteiger partial charge in [0, 0.05) is 23.4 Å². The molecule has 0 bridgehead atoms. The third-order valence-electron chi connectivity index (χ3n) is 3.63. The van der Waals surface area contributed by atoms with Gasteiger partial charge in [-0.15, -0.1) is 0 Å². The summed E-state index contributed by atoms with van der Waals surface area (Å²) in [6.45, 7) is 0.895. The summed E-state index contributed by atoms with van der Waals surface area (Å²) >= 11 is 0. The van der Waals surface area contributed by atoms with Crippen molar-refractivity contribution in [3.63, 3.8) is 0 Å². The number of benzene rings is 2. The lowest BCUT2D eigenvalue weighted by molar-refractivity contribution is -0.384. The highest BCUT2D eigenvalue weighted by Gasteiger charge is 2.32. The molecule has 0 aliphatic carbocycles. The number of halogens is 3. The van der Waals surface area contributed by atoms with Crippen LogP contribution >= 0.6 is 0 Å². The fourth-order valence-electron chi connectivity index (χ4n) is 2.37. The molecule has 0 fully saturated rings. The number of esters is 1. The molecule has 0 N–H and O–H groups in total. The lowest BCUT2D eigenvalue weighted by atomic mass is 10.1. The zero-order chi connectivity index (χ0) is 20.9. The highest BCUT2D eigenvalue weighted by molar-refractivity contribution is 6.08. The number of nitro benzene ring substituents is 1. The summed E-state index contributed by atoms with van der Waals surface area (Å²) in [7, 11) is 0. The Hall–Kier alpha value is -3.43. The van der Waals surface area contributed by atoms with Crippen LogP contribution in [0.25, 0.3) is 0 Å². The molecule has 1 amide bonds. The number of carbonyl (C=O) groups excluding carboxylic acids is 2. The lowest BCUT2D eigenvalue weighted by Crippen LogP contribution is -2.36. The van der Waals surface area contributed by atoms with E-state index in [1.165, 1.54) is 25.1 Å². The Morgan fingerprint density at radius 2 is 1.82 bits per heavy atom. The molecular weight excluding hydrogens is 381 g/mol. The van der Waals surface area contributed by atoms with E-state index in [-0.39, 0.29) is 23.5 Å². The molecule has 7 nitrogen and oxygen atoms in total. The summed E-state index contributed by atoms with van der Waals surface area (Å²) in [5, 5.41) is 10.9. The van der Waals surface area contributed by atoms with Gasteiger partial charge in [-0.25, -0.2) is 0 Å². The molecule has 0 heterocycles. The van der Waals surface area contributed by atoms with Crippen LogP contribution in [0.3, 0.4) is 0 Å². The molecular formula is C18H15F3N2O5. The molecule has 0 unspecified atom stereocenters. The first kappa shape index (κ1) is 20.9. The number of anilines is 1. The Labute approximate surface area is 157 Å². The molecule has 0 spiro atoms. The Morgan fingerprint density at radius 3 is 2.43 bits per heavy atom. The second-order valence-electron chi connectivity index (χ2n) is 5.55. The largest absolute Gasteiger partial charge is 0.465 e. The van der Waals surface area contributed by atoms with Crippen LogP contribution in [0.2, 0.25) is 0 Å². The van der Waals surface area contributed by atoms with Gasteiger partial charge >= 0.3 is 12.1 Å². The highest BCUT2D eigenvalue weighted by Crippen LogP contribution is 2.32. The zero-order valence-electron chi connectivity index (χ0n) is 14.6. The highest BCUT2D eigenvalue weighted by atomic mass is 19.4. The van der Waals surface area contributed by atoms with E-state index in [0.29, 0.717) is 6.07 Å². The van der Waals surface area contributed by atoms with Crippen LogP contribution in [-0.4, -0.2) is 30.0 Å². The standard InChI is InChI=1S/C18H15F3N2O5/c1-2-28-16(24)11-22(14-7-4-6-13(10-14)18(19,20)21)17(25)12-5-3-8-15(9-12)23(26)27/h3-10H,2,11H2,1H3. The molecule has 0 radical (unpaired) electrons. The smallest absolute Gasteiger partial charge is 0.416 e. The zero-order valence-corrected chi connectivity index (χ0v) is 14.6. The fraction of sp³-hybridized carbons (Fsp3) is 0.222. The second-order valence-corrected chi connectivity index (χ2v) is 5.55. The average molecular weight is 396 g/mol. The van der Waals surface area contributed by atoms with Crippen LogP contribution in [0.1, 0.15) is 22.8 Å². The van der Waals surface area contributed by atoms with Gasteiger partial charge in [0.25, 0.3) is 11.6 Å². The number of nitrogens with zero attached hydrogens (tertiary/aromatic N) is 2. The maximum Gasteiger partial charge on any atom is 0.416 e. The Bertz CT molecular complexity index is 899. The summed E-state index contributed by atoms with van der Waals surface area (Å²) in [5.74, 6) is -1.71. The van der Waals surface area contributed by atoms with Crippen molar-refractivity contribution in [2.24, 2.45) is 0 Å². The minimum Gasteiger partial charge on any atom is -0.465 e. The summed E-state index contributed by atoms with van der Waals surface area (Å²) in [6.07, 6.45) is -4.65. The molecule has 0 aromatic heterocycles. The number of nitro groups is 1. The van der Waals surface area contributed by atoms with Crippen molar-refractivity contribution in [1.29, 1.82) is 0 Å². The van der Waals surface area contributed by atoms with Crippen molar-refractivity contribution < 1.29 is 32.4 Å². The molecule has 0 aliphatic rings.